The summed E-state index contributed by atoms with van der Waals surface area (Å²) in [6.45, 7) is 3.44. The van der Waals surface area contributed by atoms with Gasteiger partial charge in [0.05, 0.1) is 28.7 Å². The Morgan fingerprint density at radius 3 is 2.58 bits per heavy atom. The van der Waals surface area contributed by atoms with Gasteiger partial charge in [-0.05, 0) is 53.9 Å². The average molecular weight is 532 g/mol. The van der Waals surface area contributed by atoms with Crippen LogP contribution in [0.15, 0.2) is 60.7 Å². The van der Waals surface area contributed by atoms with Gasteiger partial charge in [0.25, 0.3) is 0 Å². The zero-order valence-electron chi connectivity index (χ0n) is 19.3. The minimum absolute atomic E-state index is 0.0411. The van der Waals surface area contributed by atoms with Gasteiger partial charge in [-0.15, -0.1) is 22.0 Å². The van der Waals surface area contributed by atoms with Crippen LogP contribution in [-0.4, -0.2) is 26.8 Å². The number of ether oxygens (including phenoxy) is 1. The van der Waals surface area contributed by atoms with Gasteiger partial charge in [-0.25, -0.2) is 0 Å². The van der Waals surface area contributed by atoms with Crippen molar-refractivity contribution in [2.24, 2.45) is 0 Å². The summed E-state index contributed by atoms with van der Waals surface area (Å²) in [7, 11) is 0. The molecule has 5 nitrogen and oxygen atoms in total. The number of halogens is 4. The van der Waals surface area contributed by atoms with Gasteiger partial charge >= 0.3 is 12.1 Å². The van der Waals surface area contributed by atoms with Crippen LogP contribution in [0.3, 0.4) is 0 Å². The van der Waals surface area contributed by atoms with Gasteiger partial charge in [-0.2, -0.15) is 13.2 Å². The third kappa shape index (κ3) is 4.57. The maximum atomic E-state index is 14.1. The molecule has 0 bridgehead atoms. The van der Waals surface area contributed by atoms with E-state index in [4.69, 9.17) is 16.3 Å². The summed E-state index contributed by atoms with van der Waals surface area (Å²) in [5.74, 6) is -1.63. The Bertz CT molecular complexity index is 1450. The van der Waals surface area contributed by atoms with Crippen LogP contribution in [0.2, 0.25) is 5.02 Å². The minimum atomic E-state index is -4.75. The molecule has 0 unspecified atom stereocenters. The maximum Gasteiger partial charge on any atom is 0.452 e. The predicted octanol–water partition coefficient (Wildman–Crippen LogP) is 7.31. The van der Waals surface area contributed by atoms with Crippen molar-refractivity contribution in [1.82, 2.24) is 14.8 Å². The van der Waals surface area contributed by atoms with Gasteiger partial charge in [-0.3, -0.25) is 9.36 Å². The highest BCUT2D eigenvalue weighted by atomic mass is 35.5. The van der Waals surface area contributed by atoms with Crippen LogP contribution in [0.5, 0.6) is 0 Å². The first-order chi connectivity index (χ1) is 17.1. The largest absolute Gasteiger partial charge is 0.463 e. The second-order valence-electron chi connectivity index (χ2n) is 8.73. The molecule has 36 heavy (non-hydrogen) atoms. The first-order valence-corrected chi connectivity index (χ1v) is 12.6. The fraction of sp³-hybridized carbons (Fsp3) is 0.269. The molecule has 1 aliphatic rings. The first kappa shape index (κ1) is 24.6. The third-order valence-electron chi connectivity index (χ3n) is 5.87. The second-order valence-corrected chi connectivity index (χ2v) is 10.5. The van der Waals surface area contributed by atoms with Gasteiger partial charge in [-0.1, -0.05) is 54.1 Å². The Hall–Kier alpha value is -3.04. The molecular formula is C26H21ClF3N3O2S. The number of nitrogens with zero attached hydrogens (tertiary/aromatic N) is 3. The molecule has 4 aromatic rings. The molecule has 10 heteroatoms. The van der Waals surface area contributed by atoms with Gasteiger partial charge in [0.15, 0.2) is 5.82 Å². The van der Waals surface area contributed by atoms with Crippen LogP contribution in [-0.2, 0) is 15.7 Å². The highest BCUT2D eigenvalue weighted by molar-refractivity contribution is 8.00. The standard InChI is InChI=1S/C26H21ClF3N3O2S/c1-14(2)35-22(34)13-21-24-31-32-25(26(28,29)30)33(24)20-11-10-16(27)12-19(20)23(36-21)18-9-5-7-15-6-3-4-8-17(15)18/h3-12,14,21,23H,13H2,1-2H3/t21-,23-/m0/s1. The number of aromatic nitrogens is 3. The molecule has 2 heterocycles. The number of fused-ring (bicyclic) bond motifs is 4. The number of carbonyl (C=O) groups is 1. The molecule has 0 aliphatic carbocycles. The van der Waals surface area contributed by atoms with Gasteiger partial charge in [0, 0.05) is 5.02 Å². The number of hydrogen-bond donors (Lipinski definition) is 0. The van der Waals surface area contributed by atoms with Crippen molar-refractivity contribution in [3.8, 4) is 5.69 Å². The number of hydrogen-bond acceptors (Lipinski definition) is 5. The fourth-order valence-electron chi connectivity index (χ4n) is 4.49. The van der Waals surface area contributed by atoms with E-state index in [1.165, 1.54) is 11.8 Å². The Labute approximate surface area is 214 Å². The quantitative estimate of drug-likeness (QED) is 0.258. The van der Waals surface area contributed by atoms with Crippen LogP contribution in [0.4, 0.5) is 13.2 Å². The van der Waals surface area contributed by atoms with Crippen LogP contribution >= 0.6 is 23.4 Å². The number of alkyl halides is 3. The lowest BCUT2D eigenvalue weighted by atomic mass is 9.97. The minimum Gasteiger partial charge on any atom is -0.463 e. The van der Waals surface area contributed by atoms with Gasteiger partial charge in [0.2, 0.25) is 5.82 Å². The summed E-state index contributed by atoms with van der Waals surface area (Å²) in [6, 6.07) is 18.4. The van der Waals surface area contributed by atoms with Crippen molar-refractivity contribution in [3.63, 3.8) is 0 Å². The zero-order chi connectivity index (χ0) is 25.6. The lowest BCUT2D eigenvalue weighted by Gasteiger charge is -2.22. The van der Waals surface area contributed by atoms with Crippen molar-refractivity contribution in [3.05, 3.63) is 88.5 Å². The number of carbonyl (C=O) groups excluding carboxylic acids is 1. The van der Waals surface area contributed by atoms with E-state index in [1.54, 1.807) is 32.0 Å². The predicted molar refractivity (Wildman–Crippen MR) is 133 cm³/mol. The van der Waals surface area contributed by atoms with E-state index in [0.717, 1.165) is 20.9 Å². The highest BCUT2D eigenvalue weighted by Gasteiger charge is 2.43. The Morgan fingerprint density at radius 2 is 1.83 bits per heavy atom. The molecule has 1 aromatic heterocycles. The third-order valence-corrected chi connectivity index (χ3v) is 7.59. The topological polar surface area (TPSA) is 57.0 Å². The molecule has 3 aromatic carbocycles. The summed E-state index contributed by atoms with van der Waals surface area (Å²) in [5, 5.41) is 8.58. The number of esters is 1. The smallest absolute Gasteiger partial charge is 0.452 e. The number of rotatable bonds is 4. The van der Waals surface area contributed by atoms with Crippen molar-refractivity contribution in [1.29, 1.82) is 0 Å². The molecule has 0 N–H and O–H groups in total. The first-order valence-electron chi connectivity index (χ1n) is 11.3. The molecule has 1 aliphatic heterocycles. The van der Waals surface area contributed by atoms with Crippen LogP contribution in [0.1, 0.15) is 53.5 Å². The Balaban J connectivity index is 1.76. The summed E-state index contributed by atoms with van der Waals surface area (Å²) in [6.07, 6.45) is -5.28. The van der Waals surface area contributed by atoms with Crippen LogP contribution in [0, 0.1) is 0 Å². The highest BCUT2D eigenvalue weighted by Crippen LogP contribution is 2.53. The Morgan fingerprint density at radius 1 is 1.08 bits per heavy atom. The molecule has 0 radical (unpaired) electrons. The Kier molecular flexibility index (Phi) is 6.46. The number of thioether (sulfide) groups is 1. The van der Waals surface area contributed by atoms with E-state index in [0.29, 0.717) is 10.6 Å². The normalized spacial score (nSPS) is 17.5. The van der Waals surface area contributed by atoms with Crippen LogP contribution in [0.25, 0.3) is 16.5 Å². The SMILES string of the molecule is CC(C)OC(=O)C[C@@H]1S[C@@H](c2cccc3ccccc23)c2cc(Cl)ccc2-n2c1nnc2C(F)(F)F. The lowest BCUT2D eigenvalue weighted by Crippen LogP contribution is -2.18. The fourth-order valence-corrected chi connectivity index (χ4v) is 6.19. The molecule has 0 fully saturated rings. The summed E-state index contributed by atoms with van der Waals surface area (Å²) in [5.41, 5.74) is 1.75. The van der Waals surface area contributed by atoms with E-state index < -0.39 is 28.5 Å². The lowest BCUT2D eigenvalue weighted by molar-refractivity contribution is -0.147. The van der Waals surface area contributed by atoms with Crippen molar-refractivity contribution in [2.45, 2.75) is 43.0 Å². The van der Waals surface area contributed by atoms with Gasteiger partial charge < -0.3 is 4.74 Å². The molecule has 0 spiro atoms. The number of benzene rings is 3. The van der Waals surface area contributed by atoms with E-state index >= 15 is 0 Å². The molecule has 0 saturated heterocycles. The molecule has 0 saturated carbocycles. The van der Waals surface area contributed by atoms with Crippen LogP contribution < -0.4 is 0 Å². The maximum absolute atomic E-state index is 14.1. The molecule has 5 rings (SSSR count). The van der Waals surface area contributed by atoms with E-state index in [-0.39, 0.29) is 24.0 Å². The average Bonchev–Trinajstić information content (AvgIpc) is 3.22. The summed E-state index contributed by atoms with van der Waals surface area (Å²) >= 11 is 7.71. The summed E-state index contributed by atoms with van der Waals surface area (Å²) in [4.78, 5) is 12.7. The van der Waals surface area contributed by atoms with Crippen molar-refractivity contribution >= 4 is 40.1 Å². The second kappa shape index (κ2) is 9.44. The van der Waals surface area contributed by atoms with E-state index in [9.17, 15) is 18.0 Å². The molecular weight excluding hydrogens is 511 g/mol. The van der Waals surface area contributed by atoms with E-state index in [2.05, 4.69) is 10.2 Å². The monoisotopic (exact) mass is 531 g/mol. The summed E-state index contributed by atoms with van der Waals surface area (Å²) < 4.78 is 48.5. The van der Waals surface area contributed by atoms with E-state index in [1.807, 2.05) is 42.5 Å². The van der Waals surface area contributed by atoms with Crippen molar-refractivity contribution in [2.75, 3.05) is 0 Å². The zero-order valence-corrected chi connectivity index (χ0v) is 20.9. The molecule has 186 valence electrons. The molecule has 0 amide bonds. The molecule has 2 atom stereocenters. The van der Waals surface area contributed by atoms with Gasteiger partial charge in [0.1, 0.15) is 0 Å². The van der Waals surface area contributed by atoms with Crippen molar-refractivity contribution < 1.29 is 22.7 Å².